The van der Waals surface area contributed by atoms with Gasteiger partial charge in [-0.3, -0.25) is 4.31 Å². The SMILES string of the molecule is COC(=O)c1cc(N)c(C)c(N2CCCCS2(=O)=O)c1. The van der Waals surface area contributed by atoms with E-state index in [1.807, 2.05) is 0 Å². The molecule has 7 heteroatoms. The van der Waals surface area contributed by atoms with E-state index in [0.717, 1.165) is 6.42 Å². The molecule has 0 unspecified atom stereocenters. The minimum atomic E-state index is -3.34. The smallest absolute Gasteiger partial charge is 0.337 e. The van der Waals surface area contributed by atoms with Crippen molar-refractivity contribution in [3.63, 3.8) is 0 Å². The molecule has 2 N–H and O–H groups in total. The molecule has 0 aromatic heterocycles. The molecule has 0 saturated carbocycles. The van der Waals surface area contributed by atoms with E-state index in [2.05, 4.69) is 4.74 Å². The van der Waals surface area contributed by atoms with Gasteiger partial charge in [-0.25, -0.2) is 13.2 Å². The second-order valence-electron chi connectivity index (χ2n) is 4.80. The molecule has 1 aromatic rings. The molecule has 1 fully saturated rings. The number of esters is 1. The van der Waals surface area contributed by atoms with Crippen LogP contribution in [0.3, 0.4) is 0 Å². The molecule has 110 valence electrons. The number of nitrogens with zero attached hydrogens (tertiary/aromatic N) is 1. The van der Waals surface area contributed by atoms with Crippen molar-refractivity contribution in [1.29, 1.82) is 0 Å². The van der Waals surface area contributed by atoms with Gasteiger partial charge in [-0.05, 0) is 37.5 Å². The average Bonchev–Trinajstić information content (AvgIpc) is 2.41. The van der Waals surface area contributed by atoms with Crippen LogP contribution in [0.1, 0.15) is 28.8 Å². The van der Waals surface area contributed by atoms with E-state index in [1.165, 1.54) is 23.5 Å². The molecule has 0 aliphatic carbocycles. The summed E-state index contributed by atoms with van der Waals surface area (Å²) in [4.78, 5) is 11.6. The van der Waals surface area contributed by atoms with Gasteiger partial charge in [-0.2, -0.15) is 0 Å². The van der Waals surface area contributed by atoms with Gasteiger partial charge in [0.05, 0.1) is 24.1 Å². The Hall–Kier alpha value is -1.76. The Labute approximate surface area is 118 Å². The van der Waals surface area contributed by atoms with Crippen molar-refractivity contribution in [2.24, 2.45) is 0 Å². The number of methoxy groups -OCH3 is 1. The number of carbonyl (C=O) groups is 1. The first kappa shape index (κ1) is 14.6. The average molecular weight is 298 g/mol. The number of nitrogens with two attached hydrogens (primary N) is 1. The predicted octanol–water partition coefficient (Wildman–Crippen LogP) is 1.29. The van der Waals surface area contributed by atoms with Gasteiger partial charge in [0.1, 0.15) is 0 Å². The van der Waals surface area contributed by atoms with E-state index in [1.54, 1.807) is 6.92 Å². The molecule has 0 spiro atoms. The van der Waals surface area contributed by atoms with Crippen LogP contribution in [-0.4, -0.2) is 33.8 Å². The van der Waals surface area contributed by atoms with Gasteiger partial charge in [-0.1, -0.05) is 0 Å². The van der Waals surface area contributed by atoms with E-state index in [-0.39, 0.29) is 11.3 Å². The standard InChI is InChI=1S/C13H18N2O4S/c1-9-11(14)7-10(13(16)19-2)8-12(9)15-5-3-4-6-20(15,17)18/h7-8H,3-6,14H2,1-2H3. The Balaban J connectivity index is 2.55. The fraction of sp³-hybridized carbons (Fsp3) is 0.462. The number of carbonyl (C=O) groups excluding carboxylic acids is 1. The lowest BCUT2D eigenvalue weighted by atomic mass is 10.1. The molecule has 0 atom stereocenters. The van der Waals surface area contributed by atoms with E-state index >= 15 is 0 Å². The third-order valence-corrected chi connectivity index (χ3v) is 5.31. The summed E-state index contributed by atoms with van der Waals surface area (Å²) in [5.74, 6) is -0.415. The largest absolute Gasteiger partial charge is 0.465 e. The number of nitrogen functional groups attached to an aromatic ring is 1. The summed E-state index contributed by atoms with van der Waals surface area (Å²) in [6.45, 7) is 2.16. The highest BCUT2D eigenvalue weighted by molar-refractivity contribution is 7.92. The maximum Gasteiger partial charge on any atom is 0.337 e. The summed E-state index contributed by atoms with van der Waals surface area (Å²) in [5.41, 5.74) is 7.63. The van der Waals surface area contributed by atoms with Gasteiger partial charge in [0.25, 0.3) is 0 Å². The molecule has 1 aliphatic heterocycles. The van der Waals surface area contributed by atoms with Gasteiger partial charge >= 0.3 is 5.97 Å². The fourth-order valence-electron chi connectivity index (χ4n) is 2.28. The van der Waals surface area contributed by atoms with Crippen LogP contribution in [0.25, 0.3) is 0 Å². The highest BCUT2D eigenvalue weighted by Crippen LogP contribution is 2.31. The molecule has 0 bridgehead atoms. The number of anilines is 2. The zero-order chi connectivity index (χ0) is 14.9. The molecule has 1 heterocycles. The Morgan fingerprint density at radius 2 is 2.05 bits per heavy atom. The summed E-state index contributed by atoms with van der Waals surface area (Å²) >= 11 is 0. The van der Waals surface area contributed by atoms with Crippen molar-refractivity contribution < 1.29 is 17.9 Å². The van der Waals surface area contributed by atoms with Crippen LogP contribution in [0.15, 0.2) is 12.1 Å². The second kappa shape index (κ2) is 5.32. The van der Waals surface area contributed by atoms with Gasteiger partial charge in [0.2, 0.25) is 10.0 Å². The first-order valence-corrected chi connectivity index (χ1v) is 7.96. The van der Waals surface area contributed by atoms with Crippen LogP contribution >= 0.6 is 0 Å². The summed E-state index contributed by atoms with van der Waals surface area (Å²) in [7, 11) is -2.07. The third kappa shape index (κ3) is 2.58. The monoisotopic (exact) mass is 298 g/mol. The number of benzene rings is 1. The summed E-state index contributed by atoms with van der Waals surface area (Å²) < 4.78 is 30.3. The fourth-order valence-corrected chi connectivity index (χ4v) is 3.96. The van der Waals surface area contributed by atoms with E-state index < -0.39 is 16.0 Å². The van der Waals surface area contributed by atoms with Crippen LogP contribution in [0.5, 0.6) is 0 Å². The predicted molar refractivity (Wildman–Crippen MR) is 77.3 cm³/mol. The van der Waals surface area contributed by atoms with Gasteiger partial charge in [0.15, 0.2) is 0 Å². The van der Waals surface area contributed by atoms with Crippen LogP contribution in [0.2, 0.25) is 0 Å². The minimum absolute atomic E-state index is 0.120. The lowest BCUT2D eigenvalue weighted by Gasteiger charge is -2.30. The maximum atomic E-state index is 12.2. The quantitative estimate of drug-likeness (QED) is 0.656. The first-order valence-electron chi connectivity index (χ1n) is 6.35. The summed E-state index contributed by atoms with van der Waals surface area (Å²) in [6.07, 6.45) is 1.45. The lowest BCUT2D eigenvalue weighted by Crippen LogP contribution is -2.38. The lowest BCUT2D eigenvalue weighted by molar-refractivity contribution is 0.0601. The molecular weight excluding hydrogens is 280 g/mol. The number of sulfonamides is 1. The van der Waals surface area contributed by atoms with Crippen molar-refractivity contribution in [3.8, 4) is 0 Å². The van der Waals surface area contributed by atoms with Crippen molar-refractivity contribution in [3.05, 3.63) is 23.3 Å². The maximum absolute atomic E-state index is 12.2. The summed E-state index contributed by atoms with van der Waals surface area (Å²) in [6, 6.07) is 3.03. The van der Waals surface area contributed by atoms with Crippen LogP contribution < -0.4 is 10.0 Å². The molecular formula is C13H18N2O4S. The van der Waals surface area contributed by atoms with E-state index in [9.17, 15) is 13.2 Å². The van der Waals surface area contributed by atoms with Crippen molar-refractivity contribution in [1.82, 2.24) is 0 Å². The summed E-state index contributed by atoms with van der Waals surface area (Å²) in [5, 5.41) is 0. The zero-order valence-corrected chi connectivity index (χ0v) is 12.4. The van der Waals surface area contributed by atoms with Crippen LogP contribution in [0.4, 0.5) is 11.4 Å². The van der Waals surface area contributed by atoms with Crippen LogP contribution in [0, 0.1) is 6.92 Å². The van der Waals surface area contributed by atoms with Crippen molar-refractivity contribution >= 4 is 27.4 Å². The highest BCUT2D eigenvalue weighted by atomic mass is 32.2. The Morgan fingerprint density at radius 1 is 1.35 bits per heavy atom. The molecule has 1 aliphatic rings. The zero-order valence-electron chi connectivity index (χ0n) is 11.5. The number of ether oxygens (including phenoxy) is 1. The molecule has 2 rings (SSSR count). The molecule has 0 radical (unpaired) electrons. The van der Waals surface area contributed by atoms with E-state index in [4.69, 9.17) is 5.73 Å². The highest BCUT2D eigenvalue weighted by Gasteiger charge is 2.28. The third-order valence-electron chi connectivity index (χ3n) is 3.46. The van der Waals surface area contributed by atoms with Crippen LogP contribution in [-0.2, 0) is 14.8 Å². The Bertz CT molecular complexity index is 640. The Kier molecular flexibility index (Phi) is 3.89. The first-order chi connectivity index (χ1) is 9.36. The van der Waals surface area contributed by atoms with Crippen molar-refractivity contribution in [2.75, 3.05) is 29.4 Å². The molecule has 6 nitrogen and oxygen atoms in total. The number of hydrogen-bond acceptors (Lipinski definition) is 5. The normalized spacial score (nSPS) is 17.8. The minimum Gasteiger partial charge on any atom is -0.465 e. The van der Waals surface area contributed by atoms with Gasteiger partial charge in [-0.15, -0.1) is 0 Å². The molecule has 1 saturated heterocycles. The molecule has 1 aromatic carbocycles. The number of rotatable bonds is 2. The second-order valence-corrected chi connectivity index (χ2v) is 6.81. The molecule has 0 amide bonds. The van der Waals surface area contributed by atoms with Crippen molar-refractivity contribution in [2.45, 2.75) is 19.8 Å². The number of hydrogen-bond donors (Lipinski definition) is 1. The topological polar surface area (TPSA) is 89.7 Å². The van der Waals surface area contributed by atoms with Gasteiger partial charge < -0.3 is 10.5 Å². The van der Waals surface area contributed by atoms with E-state index in [0.29, 0.717) is 29.9 Å². The molecule has 20 heavy (non-hydrogen) atoms. The van der Waals surface area contributed by atoms with Gasteiger partial charge in [0, 0.05) is 12.2 Å². The Morgan fingerprint density at radius 3 is 2.65 bits per heavy atom.